The number of para-hydroxylation sites is 1. The molecule has 0 amide bonds. The molecule has 2 nitrogen and oxygen atoms in total. The van der Waals surface area contributed by atoms with E-state index < -0.39 is 0 Å². The molecule has 1 fully saturated rings. The Balaban J connectivity index is 1.88. The van der Waals surface area contributed by atoms with Gasteiger partial charge in [0.2, 0.25) is 0 Å². The Labute approximate surface area is 104 Å². The summed E-state index contributed by atoms with van der Waals surface area (Å²) in [6.45, 7) is 5.95. The van der Waals surface area contributed by atoms with Crippen LogP contribution in [0.1, 0.15) is 25.3 Å². The van der Waals surface area contributed by atoms with Gasteiger partial charge in [0, 0.05) is 24.8 Å². The van der Waals surface area contributed by atoms with Gasteiger partial charge in [-0.15, -0.1) is 0 Å². The fourth-order valence-corrected chi connectivity index (χ4v) is 3.28. The number of benzene rings is 1. The largest absolute Gasteiger partial charge is 0.367 e. The molecule has 1 aromatic carbocycles. The summed E-state index contributed by atoms with van der Waals surface area (Å²) in [5, 5.41) is 3.54. The molecular weight excluding hydrogens is 208 g/mol. The zero-order valence-corrected chi connectivity index (χ0v) is 10.7. The van der Waals surface area contributed by atoms with Crippen LogP contribution in [0.4, 0.5) is 5.69 Å². The summed E-state index contributed by atoms with van der Waals surface area (Å²) in [6, 6.07) is 9.66. The first-order valence-corrected chi connectivity index (χ1v) is 6.90. The van der Waals surface area contributed by atoms with E-state index in [0.717, 1.165) is 12.5 Å². The summed E-state index contributed by atoms with van der Waals surface area (Å²) in [5.74, 6) is 0.784. The zero-order chi connectivity index (χ0) is 11.7. The van der Waals surface area contributed by atoms with Gasteiger partial charge in [0.15, 0.2) is 0 Å². The van der Waals surface area contributed by atoms with Crippen LogP contribution in [-0.4, -0.2) is 25.7 Å². The topological polar surface area (TPSA) is 15.3 Å². The molecule has 0 spiro atoms. The first-order chi connectivity index (χ1) is 8.34. The van der Waals surface area contributed by atoms with Crippen molar-refractivity contribution in [2.75, 3.05) is 24.5 Å². The Morgan fingerprint density at radius 1 is 1.29 bits per heavy atom. The van der Waals surface area contributed by atoms with Gasteiger partial charge in [0.1, 0.15) is 0 Å². The van der Waals surface area contributed by atoms with E-state index in [9.17, 15) is 0 Å². The number of hydrogen-bond donors (Lipinski definition) is 1. The van der Waals surface area contributed by atoms with Crippen molar-refractivity contribution in [3.63, 3.8) is 0 Å². The standard InChI is InChI=1S/C15H22N2/c1-12-9-13-5-2-3-7-15(13)17(11-12)14-6-4-8-16-10-14/h2-3,5,7,12,14,16H,4,6,8-11H2,1H3. The van der Waals surface area contributed by atoms with Crippen molar-refractivity contribution in [3.05, 3.63) is 29.8 Å². The Kier molecular flexibility index (Phi) is 3.06. The highest BCUT2D eigenvalue weighted by Gasteiger charge is 2.27. The smallest absolute Gasteiger partial charge is 0.0415 e. The number of rotatable bonds is 1. The molecule has 3 rings (SSSR count). The Hall–Kier alpha value is -1.02. The molecule has 92 valence electrons. The van der Waals surface area contributed by atoms with Gasteiger partial charge < -0.3 is 10.2 Å². The van der Waals surface area contributed by atoms with Gasteiger partial charge in [-0.1, -0.05) is 25.1 Å². The fourth-order valence-electron chi connectivity index (χ4n) is 3.28. The second kappa shape index (κ2) is 4.69. The lowest BCUT2D eigenvalue weighted by atomic mass is 9.91. The quantitative estimate of drug-likeness (QED) is 0.797. The van der Waals surface area contributed by atoms with E-state index >= 15 is 0 Å². The fraction of sp³-hybridized carbons (Fsp3) is 0.600. The minimum atomic E-state index is 0.702. The molecule has 0 aliphatic carbocycles. The molecule has 2 heterocycles. The maximum absolute atomic E-state index is 3.54. The SMILES string of the molecule is CC1Cc2ccccc2N(C2CCCNC2)C1. The van der Waals surface area contributed by atoms with Crippen molar-refractivity contribution in [2.45, 2.75) is 32.2 Å². The normalized spacial score (nSPS) is 28.9. The predicted molar refractivity (Wildman–Crippen MR) is 72.5 cm³/mol. The second-order valence-corrected chi connectivity index (χ2v) is 5.59. The lowest BCUT2D eigenvalue weighted by molar-refractivity contribution is 0.400. The summed E-state index contributed by atoms with van der Waals surface area (Å²) < 4.78 is 0. The zero-order valence-electron chi connectivity index (χ0n) is 10.7. The molecule has 1 N–H and O–H groups in total. The molecule has 0 aromatic heterocycles. The maximum Gasteiger partial charge on any atom is 0.0415 e. The van der Waals surface area contributed by atoms with Crippen LogP contribution in [0.25, 0.3) is 0 Å². The molecule has 17 heavy (non-hydrogen) atoms. The molecule has 0 radical (unpaired) electrons. The van der Waals surface area contributed by atoms with Crippen molar-refractivity contribution in [1.82, 2.24) is 5.32 Å². The average molecular weight is 230 g/mol. The van der Waals surface area contributed by atoms with Crippen molar-refractivity contribution in [2.24, 2.45) is 5.92 Å². The van der Waals surface area contributed by atoms with Gasteiger partial charge in [0.05, 0.1) is 0 Å². The van der Waals surface area contributed by atoms with Crippen molar-refractivity contribution in [3.8, 4) is 0 Å². The molecule has 1 aromatic rings. The number of nitrogens with one attached hydrogen (secondary N) is 1. The monoisotopic (exact) mass is 230 g/mol. The number of fused-ring (bicyclic) bond motifs is 1. The van der Waals surface area contributed by atoms with Gasteiger partial charge in [0.25, 0.3) is 0 Å². The lowest BCUT2D eigenvalue weighted by Gasteiger charge is -2.42. The minimum absolute atomic E-state index is 0.702. The van der Waals surface area contributed by atoms with Gasteiger partial charge in [-0.05, 0) is 43.4 Å². The van der Waals surface area contributed by atoms with E-state index in [1.807, 2.05) is 0 Å². The summed E-state index contributed by atoms with van der Waals surface area (Å²) in [5.41, 5.74) is 3.02. The average Bonchev–Trinajstić information content (AvgIpc) is 2.39. The number of piperidine rings is 1. The van der Waals surface area contributed by atoms with Crippen LogP contribution < -0.4 is 10.2 Å². The van der Waals surface area contributed by atoms with E-state index in [1.165, 1.54) is 43.6 Å². The van der Waals surface area contributed by atoms with Crippen LogP contribution in [0, 0.1) is 5.92 Å². The third kappa shape index (κ3) is 2.19. The maximum atomic E-state index is 3.54. The third-order valence-corrected chi connectivity index (χ3v) is 4.09. The summed E-state index contributed by atoms with van der Waals surface area (Å²) in [6.07, 6.45) is 3.90. The van der Waals surface area contributed by atoms with Gasteiger partial charge in [-0.25, -0.2) is 0 Å². The second-order valence-electron chi connectivity index (χ2n) is 5.59. The number of nitrogens with zero attached hydrogens (tertiary/aromatic N) is 1. The van der Waals surface area contributed by atoms with Crippen LogP contribution in [0.5, 0.6) is 0 Å². The molecule has 1 saturated heterocycles. The molecule has 2 aliphatic rings. The molecule has 2 unspecified atom stereocenters. The highest BCUT2D eigenvalue weighted by atomic mass is 15.2. The number of hydrogen-bond acceptors (Lipinski definition) is 2. The molecule has 0 bridgehead atoms. The van der Waals surface area contributed by atoms with Crippen molar-refractivity contribution >= 4 is 5.69 Å². The van der Waals surface area contributed by atoms with Gasteiger partial charge in [-0.3, -0.25) is 0 Å². The Morgan fingerprint density at radius 2 is 2.18 bits per heavy atom. The van der Waals surface area contributed by atoms with Crippen LogP contribution in [0.2, 0.25) is 0 Å². The van der Waals surface area contributed by atoms with E-state index in [-0.39, 0.29) is 0 Å². The molecule has 0 saturated carbocycles. The van der Waals surface area contributed by atoms with E-state index in [2.05, 4.69) is 41.4 Å². The molecule has 2 heteroatoms. The van der Waals surface area contributed by atoms with Crippen LogP contribution in [-0.2, 0) is 6.42 Å². The van der Waals surface area contributed by atoms with E-state index in [4.69, 9.17) is 0 Å². The summed E-state index contributed by atoms with van der Waals surface area (Å²) in [4.78, 5) is 2.65. The molecule has 2 atom stereocenters. The summed E-state index contributed by atoms with van der Waals surface area (Å²) in [7, 11) is 0. The first kappa shape index (κ1) is 11.1. The van der Waals surface area contributed by atoms with Crippen LogP contribution in [0.15, 0.2) is 24.3 Å². The number of anilines is 1. The van der Waals surface area contributed by atoms with E-state index in [0.29, 0.717) is 6.04 Å². The molecule has 2 aliphatic heterocycles. The third-order valence-electron chi connectivity index (χ3n) is 4.09. The van der Waals surface area contributed by atoms with Crippen molar-refractivity contribution in [1.29, 1.82) is 0 Å². The van der Waals surface area contributed by atoms with Crippen LogP contribution >= 0.6 is 0 Å². The lowest BCUT2D eigenvalue weighted by Crippen LogP contribution is -2.49. The van der Waals surface area contributed by atoms with Gasteiger partial charge >= 0.3 is 0 Å². The van der Waals surface area contributed by atoms with Crippen molar-refractivity contribution < 1.29 is 0 Å². The molecular formula is C15H22N2. The minimum Gasteiger partial charge on any atom is -0.367 e. The first-order valence-electron chi connectivity index (χ1n) is 6.90. The highest BCUT2D eigenvalue weighted by Crippen LogP contribution is 2.32. The predicted octanol–water partition coefficient (Wildman–Crippen LogP) is 2.44. The van der Waals surface area contributed by atoms with Gasteiger partial charge in [-0.2, -0.15) is 0 Å². The Bertz CT molecular complexity index is 382. The van der Waals surface area contributed by atoms with Crippen LogP contribution in [0.3, 0.4) is 0 Å². The highest BCUT2D eigenvalue weighted by molar-refractivity contribution is 5.56. The summed E-state index contributed by atoms with van der Waals surface area (Å²) >= 11 is 0. The van der Waals surface area contributed by atoms with E-state index in [1.54, 1.807) is 0 Å². The Morgan fingerprint density at radius 3 is 3.00 bits per heavy atom.